The van der Waals surface area contributed by atoms with Gasteiger partial charge in [0.1, 0.15) is 5.65 Å². The van der Waals surface area contributed by atoms with Crippen LogP contribution in [0.25, 0.3) is 5.65 Å². The smallest absolute Gasteiger partial charge is 0.262 e. The third kappa shape index (κ3) is 4.59. The van der Waals surface area contributed by atoms with Gasteiger partial charge in [-0.05, 0) is 37.3 Å². The molecule has 2 saturated carbocycles. The zero-order chi connectivity index (χ0) is 22.8. The van der Waals surface area contributed by atoms with Gasteiger partial charge >= 0.3 is 0 Å². The van der Waals surface area contributed by atoms with Crippen LogP contribution in [-0.4, -0.2) is 50.3 Å². The maximum absolute atomic E-state index is 13.4. The highest BCUT2D eigenvalue weighted by Crippen LogP contribution is 2.39. The van der Waals surface area contributed by atoms with Crippen LogP contribution in [0.4, 0.5) is 0 Å². The molecule has 2 aliphatic carbocycles. The van der Waals surface area contributed by atoms with E-state index in [1.165, 1.54) is 44.9 Å². The van der Waals surface area contributed by atoms with Crippen molar-refractivity contribution < 1.29 is 4.79 Å². The molecule has 3 fully saturated rings. The maximum atomic E-state index is 13.4. The fraction of sp³-hybridized carbons (Fsp3) is 0.667. The molecule has 1 amide bonds. The second kappa shape index (κ2) is 9.57. The second-order valence-electron chi connectivity index (χ2n) is 10.8. The van der Waals surface area contributed by atoms with Gasteiger partial charge in [0, 0.05) is 50.0 Å². The van der Waals surface area contributed by atoms with Crippen LogP contribution >= 0.6 is 0 Å². The molecule has 3 heterocycles. The molecule has 0 bridgehead atoms. The number of pyridine rings is 1. The lowest BCUT2D eigenvalue weighted by atomic mass is 9.82. The maximum Gasteiger partial charge on any atom is 0.262 e. The summed E-state index contributed by atoms with van der Waals surface area (Å²) < 4.78 is 1.64. The molecule has 33 heavy (non-hydrogen) atoms. The van der Waals surface area contributed by atoms with Crippen LogP contribution in [0.2, 0.25) is 0 Å². The molecule has 1 spiro atoms. The average molecular weight is 451 g/mol. The van der Waals surface area contributed by atoms with Crippen molar-refractivity contribution in [3.63, 3.8) is 0 Å². The monoisotopic (exact) mass is 450 g/mol. The van der Waals surface area contributed by atoms with E-state index < -0.39 is 0 Å². The first-order valence-corrected chi connectivity index (χ1v) is 13.0. The van der Waals surface area contributed by atoms with Crippen molar-refractivity contribution in [1.82, 2.24) is 19.2 Å². The first kappa shape index (κ1) is 22.6. The van der Waals surface area contributed by atoms with Crippen LogP contribution in [0.1, 0.15) is 76.7 Å². The Hall–Kier alpha value is -2.21. The molecule has 0 N–H and O–H groups in total. The van der Waals surface area contributed by atoms with Gasteiger partial charge in [-0.1, -0.05) is 57.9 Å². The van der Waals surface area contributed by atoms with Gasteiger partial charge in [-0.3, -0.25) is 18.9 Å². The van der Waals surface area contributed by atoms with E-state index in [0.717, 1.165) is 50.4 Å². The number of hydrogen-bond donors (Lipinski definition) is 0. The quantitative estimate of drug-likeness (QED) is 0.683. The van der Waals surface area contributed by atoms with Gasteiger partial charge in [-0.25, -0.2) is 4.98 Å². The van der Waals surface area contributed by atoms with Gasteiger partial charge in [0.2, 0.25) is 5.91 Å². The van der Waals surface area contributed by atoms with E-state index in [1.807, 2.05) is 18.2 Å². The first-order chi connectivity index (χ1) is 16.1. The summed E-state index contributed by atoms with van der Waals surface area (Å²) in [4.78, 5) is 35.7. The molecule has 2 aromatic rings. The summed E-state index contributed by atoms with van der Waals surface area (Å²) in [5, 5.41) is 0. The Balaban J connectivity index is 1.30. The van der Waals surface area contributed by atoms with E-state index in [2.05, 4.69) is 21.7 Å². The SMILES string of the molecule is C[C@H](CC1CCCCC1)C(=O)N1CCN(Cc2cnc3ccccn3c2=O)C2(CCCC2)C1. The molecule has 6 heteroatoms. The fourth-order valence-corrected chi connectivity index (χ4v) is 6.67. The molecular weight excluding hydrogens is 412 g/mol. The Morgan fingerprint density at radius 1 is 1.12 bits per heavy atom. The van der Waals surface area contributed by atoms with Crippen molar-refractivity contribution in [3.8, 4) is 0 Å². The van der Waals surface area contributed by atoms with Gasteiger partial charge in [-0.2, -0.15) is 0 Å². The van der Waals surface area contributed by atoms with Crippen molar-refractivity contribution in [1.29, 1.82) is 0 Å². The molecule has 1 atom stereocenters. The summed E-state index contributed by atoms with van der Waals surface area (Å²) in [6.45, 7) is 5.16. The molecule has 0 radical (unpaired) electrons. The number of fused-ring (bicyclic) bond motifs is 1. The Morgan fingerprint density at radius 3 is 2.70 bits per heavy atom. The molecule has 178 valence electrons. The molecule has 1 aliphatic heterocycles. The Labute approximate surface area is 197 Å². The topological polar surface area (TPSA) is 57.9 Å². The lowest BCUT2D eigenvalue weighted by molar-refractivity contribution is -0.141. The van der Waals surface area contributed by atoms with Crippen LogP contribution in [0.5, 0.6) is 0 Å². The standard InChI is InChI=1S/C27H38N4O2/c1-21(17-22-9-3-2-4-10-22)25(32)29-15-16-30(27(20-29)12-6-7-13-27)19-23-18-28-24-11-5-8-14-31(24)26(23)33/h5,8,11,14,18,21-22H,2-4,6-7,9-10,12-13,15-17,19-20H2,1H3/t21-/m1/s1. The Morgan fingerprint density at radius 2 is 1.91 bits per heavy atom. The van der Waals surface area contributed by atoms with Crippen LogP contribution in [0.3, 0.4) is 0 Å². The minimum atomic E-state index is 0.00121. The zero-order valence-corrected chi connectivity index (χ0v) is 20.0. The third-order valence-corrected chi connectivity index (χ3v) is 8.52. The lowest BCUT2D eigenvalue weighted by Gasteiger charge is -2.49. The van der Waals surface area contributed by atoms with Gasteiger partial charge in [0.15, 0.2) is 0 Å². The number of rotatable bonds is 5. The largest absolute Gasteiger partial charge is 0.339 e. The predicted molar refractivity (Wildman–Crippen MR) is 130 cm³/mol. The van der Waals surface area contributed by atoms with Gasteiger partial charge in [0.25, 0.3) is 5.56 Å². The van der Waals surface area contributed by atoms with Crippen molar-refractivity contribution in [3.05, 3.63) is 46.5 Å². The summed E-state index contributed by atoms with van der Waals surface area (Å²) in [5.74, 6) is 1.19. The van der Waals surface area contributed by atoms with Gasteiger partial charge < -0.3 is 4.90 Å². The third-order valence-electron chi connectivity index (χ3n) is 8.52. The first-order valence-electron chi connectivity index (χ1n) is 13.0. The Kier molecular flexibility index (Phi) is 6.55. The summed E-state index contributed by atoms with van der Waals surface area (Å²) in [6.07, 6.45) is 15.8. The van der Waals surface area contributed by atoms with E-state index in [-0.39, 0.29) is 17.0 Å². The number of amides is 1. The number of carbonyl (C=O) groups excluding carboxylic acids is 1. The number of carbonyl (C=O) groups is 1. The minimum Gasteiger partial charge on any atom is -0.339 e. The van der Waals surface area contributed by atoms with E-state index in [9.17, 15) is 9.59 Å². The van der Waals surface area contributed by atoms with Crippen LogP contribution in [0, 0.1) is 11.8 Å². The van der Waals surface area contributed by atoms with Crippen molar-refractivity contribution in [2.45, 2.75) is 83.2 Å². The van der Waals surface area contributed by atoms with Crippen molar-refractivity contribution >= 4 is 11.6 Å². The van der Waals surface area contributed by atoms with E-state index in [1.54, 1.807) is 16.8 Å². The molecule has 2 aromatic heterocycles. The highest BCUT2D eigenvalue weighted by atomic mass is 16.2. The summed E-state index contributed by atoms with van der Waals surface area (Å²) in [7, 11) is 0. The van der Waals surface area contributed by atoms with Gasteiger partial charge in [-0.15, -0.1) is 0 Å². The molecule has 3 aliphatic rings. The molecule has 0 unspecified atom stereocenters. The number of hydrogen-bond acceptors (Lipinski definition) is 4. The number of piperazine rings is 1. The predicted octanol–water partition coefficient (Wildman–Crippen LogP) is 4.26. The van der Waals surface area contributed by atoms with E-state index in [4.69, 9.17) is 0 Å². The number of nitrogens with zero attached hydrogens (tertiary/aromatic N) is 4. The highest BCUT2D eigenvalue weighted by Gasteiger charge is 2.45. The normalized spacial score (nSPS) is 22.8. The van der Waals surface area contributed by atoms with Crippen molar-refractivity contribution in [2.24, 2.45) is 11.8 Å². The Bertz CT molecular complexity index is 1040. The minimum absolute atomic E-state index is 0.00121. The fourth-order valence-electron chi connectivity index (χ4n) is 6.67. The lowest BCUT2D eigenvalue weighted by Crippen LogP contribution is -2.62. The molecule has 6 nitrogen and oxygen atoms in total. The molecule has 5 rings (SSSR count). The van der Waals surface area contributed by atoms with Gasteiger partial charge in [0.05, 0.1) is 5.56 Å². The summed E-state index contributed by atoms with van der Waals surface area (Å²) >= 11 is 0. The second-order valence-corrected chi connectivity index (χ2v) is 10.8. The van der Waals surface area contributed by atoms with E-state index in [0.29, 0.717) is 18.1 Å². The van der Waals surface area contributed by atoms with Crippen LogP contribution < -0.4 is 5.56 Å². The zero-order valence-electron chi connectivity index (χ0n) is 20.0. The molecule has 1 saturated heterocycles. The molecular formula is C27H38N4O2. The van der Waals surface area contributed by atoms with Crippen LogP contribution in [0.15, 0.2) is 35.4 Å². The highest BCUT2D eigenvalue weighted by molar-refractivity contribution is 5.78. The average Bonchev–Trinajstić information content (AvgIpc) is 3.31. The number of aromatic nitrogens is 2. The van der Waals surface area contributed by atoms with E-state index >= 15 is 0 Å². The van der Waals surface area contributed by atoms with Crippen molar-refractivity contribution in [2.75, 3.05) is 19.6 Å². The molecule has 0 aromatic carbocycles. The summed E-state index contributed by atoms with van der Waals surface area (Å²) in [6, 6.07) is 5.64. The summed E-state index contributed by atoms with van der Waals surface area (Å²) in [5.41, 5.74) is 1.45. The van der Waals surface area contributed by atoms with Crippen LogP contribution in [-0.2, 0) is 11.3 Å².